The molecule has 74 heavy (non-hydrogen) atoms. The van der Waals surface area contributed by atoms with Crippen molar-refractivity contribution in [1.29, 1.82) is 0 Å². The Morgan fingerprint density at radius 2 is 0.541 bits per heavy atom. The van der Waals surface area contributed by atoms with Crippen LogP contribution < -0.4 is 0 Å². The van der Waals surface area contributed by atoms with Gasteiger partial charge in [0.05, 0.1) is 6.61 Å². The highest BCUT2D eigenvalue weighted by atomic mass is 16.6. The summed E-state index contributed by atoms with van der Waals surface area (Å²) in [5, 5.41) is 9.67. The molecule has 1 atom stereocenters. The van der Waals surface area contributed by atoms with Gasteiger partial charge in [-0.25, -0.2) is 0 Å². The first kappa shape index (κ1) is 70.0. The molecule has 0 aliphatic rings. The highest BCUT2D eigenvalue weighted by Gasteiger charge is 2.16. The minimum Gasteiger partial charge on any atom is -0.462 e. The lowest BCUT2D eigenvalue weighted by Gasteiger charge is -2.15. The fourth-order valence-corrected chi connectivity index (χ4v) is 8.41. The molecule has 0 amide bonds. The molecule has 0 aliphatic heterocycles. The van der Waals surface area contributed by atoms with Crippen LogP contribution in [-0.4, -0.2) is 36.4 Å². The molecule has 0 aromatic rings. The van der Waals surface area contributed by atoms with E-state index in [2.05, 4.69) is 148 Å². The van der Waals surface area contributed by atoms with Crippen molar-refractivity contribution in [3.63, 3.8) is 0 Å². The van der Waals surface area contributed by atoms with E-state index in [0.29, 0.717) is 12.8 Å². The number of hydrogen-bond acceptors (Lipinski definition) is 5. The van der Waals surface area contributed by atoms with E-state index < -0.39 is 6.10 Å². The molecule has 0 saturated heterocycles. The number of hydrogen-bond donors (Lipinski definition) is 1. The lowest BCUT2D eigenvalue weighted by Crippen LogP contribution is -2.28. The van der Waals surface area contributed by atoms with E-state index >= 15 is 0 Å². The molecule has 0 aliphatic carbocycles. The first-order chi connectivity index (χ1) is 36.6. The number of carbonyl (C=O) groups is 2. The number of aliphatic hydroxyl groups is 1. The highest BCUT2D eigenvalue weighted by molar-refractivity contribution is 5.70. The maximum Gasteiger partial charge on any atom is 0.306 e. The van der Waals surface area contributed by atoms with Crippen molar-refractivity contribution in [2.45, 2.75) is 277 Å². The van der Waals surface area contributed by atoms with Gasteiger partial charge in [0.1, 0.15) is 6.61 Å². The minimum atomic E-state index is -0.783. The van der Waals surface area contributed by atoms with Gasteiger partial charge < -0.3 is 14.6 Å². The molecule has 0 spiro atoms. The van der Waals surface area contributed by atoms with E-state index in [1.54, 1.807) is 0 Å². The number of carbonyl (C=O) groups excluding carboxylic acids is 2. The van der Waals surface area contributed by atoms with Gasteiger partial charge in [-0.1, -0.05) is 282 Å². The summed E-state index contributed by atoms with van der Waals surface area (Å²) in [4.78, 5) is 24.6. The van der Waals surface area contributed by atoms with Crippen molar-refractivity contribution in [3.8, 4) is 0 Å². The predicted octanol–water partition coefficient (Wildman–Crippen LogP) is 21.2. The van der Waals surface area contributed by atoms with Crippen molar-refractivity contribution in [2.75, 3.05) is 13.2 Å². The van der Waals surface area contributed by atoms with Gasteiger partial charge in [0.25, 0.3) is 0 Å². The SMILES string of the molecule is CC/C=C\C/C=C\C/C=C\C/C=C\C/C=C\C/C=C\C/C=C\CCCCCCCCCCCCCCCCCCCC(=O)OC(CO)COC(=O)CCCCCCCCCC/C=C\C/C=C\C/C=C\C/C=C\CC. The number of unbranched alkanes of at least 4 members (excludes halogenated alkanes) is 25. The molecule has 0 saturated carbocycles. The van der Waals surface area contributed by atoms with Crippen LogP contribution >= 0.6 is 0 Å². The Kier molecular flexibility index (Phi) is 59.9. The third-order valence-corrected chi connectivity index (χ3v) is 12.9. The van der Waals surface area contributed by atoms with Crippen molar-refractivity contribution >= 4 is 11.9 Å². The Balaban J connectivity index is 3.50. The number of aliphatic hydroxyl groups excluding tert-OH is 1. The molecular weight excluding hydrogens is 909 g/mol. The van der Waals surface area contributed by atoms with Crippen LogP contribution in [0.2, 0.25) is 0 Å². The largest absolute Gasteiger partial charge is 0.462 e. The molecule has 0 fully saturated rings. The monoisotopic (exact) mass is 1020 g/mol. The lowest BCUT2D eigenvalue weighted by atomic mass is 10.0. The summed E-state index contributed by atoms with van der Waals surface area (Å²) in [6.45, 7) is 3.92. The second kappa shape index (κ2) is 63.3. The first-order valence-electron chi connectivity index (χ1n) is 30.7. The summed E-state index contributed by atoms with van der Waals surface area (Å²) in [5.74, 6) is -0.599. The Bertz CT molecular complexity index is 1530. The van der Waals surface area contributed by atoms with Crippen molar-refractivity contribution in [3.05, 3.63) is 134 Å². The molecule has 0 heterocycles. The van der Waals surface area contributed by atoms with E-state index in [9.17, 15) is 14.7 Å². The maximum absolute atomic E-state index is 12.3. The molecule has 0 aromatic heterocycles. The zero-order valence-electron chi connectivity index (χ0n) is 48.1. The Labute approximate surface area is 457 Å². The fourth-order valence-electron chi connectivity index (χ4n) is 8.41. The first-order valence-corrected chi connectivity index (χ1v) is 30.7. The minimum absolute atomic E-state index is 0.0746. The third kappa shape index (κ3) is 60.6. The standard InChI is InChI=1S/C69H114O5/c1-3-5-7-9-11-13-15-17-19-21-23-25-26-27-28-29-30-31-32-33-34-35-36-37-38-39-40-41-42-44-46-48-50-52-54-56-58-60-62-64-69(72)74-67(65-70)66-73-68(71)63-61-59-57-55-53-51-49-47-45-43-24-22-20-18-16-14-12-10-8-6-4-2/h5-8,11-14,17-20,23-25,27-28,30-31,33-34,43,67,70H,3-4,9-10,15-16,21-22,26,29,32,35-42,44-66H2,1-2H3/b7-5-,8-6-,13-11-,14-12-,19-17-,20-18-,25-23-,28-27-,31-30-,34-33-,43-24-. The molecule has 0 rings (SSSR count). The average Bonchev–Trinajstić information content (AvgIpc) is 3.40. The second-order valence-corrected chi connectivity index (χ2v) is 20.0. The third-order valence-electron chi connectivity index (χ3n) is 12.9. The average molecular weight is 1020 g/mol. The van der Waals surface area contributed by atoms with E-state index in [1.165, 1.54) is 128 Å². The summed E-state index contributed by atoms with van der Waals surface area (Å²) in [5.41, 5.74) is 0. The number of ether oxygens (including phenoxy) is 2. The Morgan fingerprint density at radius 1 is 0.311 bits per heavy atom. The van der Waals surface area contributed by atoms with Gasteiger partial charge in [0, 0.05) is 12.8 Å². The van der Waals surface area contributed by atoms with Crippen LogP contribution in [0.4, 0.5) is 0 Å². The highest BCUT2D eigenvalue weighted by Crippen LogP contribution is 2.16. The zero-order valence-corrected chi connectivity index (χ0v) is 48.1. The Hall–Kier alpha value is -3.96. The van der Waals surface area contributed by atoms with Gasteiger partial charge in [-0.05, 0) is 109 Å². The molecule has 0 aromatic carbocycles. The molecule has 1 unspecified atom stereocenters. The second-order valence-electron chi connectivity index (χ2n) is 20.0. The van der Waals surface area contributed by atoms with Gasteiger partial charge >= 0.3 is 11.9 Å². The topological polar surface area (TPSA) is 72.8 Å². The zero-order chi connectivity index (χ0) is 53.4. The van der Waals surface area contributed by atoms with E-state index in [1.807, 2.05) is 0 Å². The van der Waals surface area contributed by atoms with Crippen molar-refractivity contribution in [2.24, 2.45) is 0 Å². The number of rotatable bonds is 55. The molecule has 5 heteroatoms. The van der Waals surface area contributed by atoms with Crippen LogP contribution in [-0.2, 0) is 19.1 Å². The molecule has 0 bridgehead atoms. The van der Waals surface area contributed by atoms with Gasteiger partial charge in [0.2, 0.25) is 0 Å². The van der Waals surface area contributed by atoms with Gasteiger partial charge in [0.15, 0.2) is 6.10 Å². The van der Waals surface area contributed by atoms with Crippen LogP contribution in [0.3, 0.4) is 0 Å². The molecule has 420 valence electrons. The quantitative estimate of drug-likeness (QED) is 0.0373. The smallest absolute Gasteiger partial charge is 0.306 e. The number of allylic oxidation sites excluding steroid dienone is 22. The van der Waals surface area contributed by atoms with Crippen molar-refractivity contribution in [1.82, 2.24) is 0 Å². The molecule has 1 N–H and O–H groups in total. The fraction of sp³-hybridized carbons (Fsp3) is 0.652. The summed E-state index contributed by atoms with van der Waals surface area (Å²) in [7, 11) is 0. The van der Waals surface area contributed by atoms with Gasteiger partial charge in [-0.3, -0.25) is 9.59 Å². The lowest BCUT2D eigenvalue weighted by molar-refractivity contribution is -0.161. The van der Waals surface area contributed by atoms with Crippen LogP contribution in [0.5, 0.6) is 0 Å². The van der Waals surface area contributed by atoms with Crippen LogP contribution in [0.25, 0.3) is 0 Å². The van der Waals surface area contributed by atoms with Crippen LogP contribution in [0.1, 0.15) is 271 Å². The summed E-state index contributed by atoms with van der Waals surface area (Å²) < 4.78 is 10.7. The summed E-state index contributed by atoms with van der Waals surface area (Å²) >= 11 is 0. The van der Waals surface area contributed by atoms with Crippen molar-refractivity contribution < 1.29 is 24.2 Å². The van der Waals surface area contributed by atoms with E-state index in [0.717, 1.165) is 116 Å². The Morgan fingerprint density at radius 3 is 0.811 bits per heavy atom. The van der Waals surface area contributed by atoms with Gasteiger partial charge in [-0.15, -0.1) is 0 Å². The molecule has 0 radical (unpaired) electrons. The van der Waals surface area contributed by atoms with Gasteiger partial charge in [-0.2, -0.15) is 0 Å². The summed E-state index contributed by atoms with van der Waals surface area (Å²) in [6, 6.07) is 0. The maximum atomic E-state index is 12.3. The molecular formula is C69H114O5. The summed E-state index contributed by atoms with van der Waals surface area (Å²) in [6.07, 6.45) is 94.4. The van der Waals surface area contributed by atoms with E-state index in [-0.39, 0.29) is 25.2 Å². The predicted molar refractivity (Wildman–Crippen MR) is 324 cm³/mol. The van der Waals surface area contributed by atoms with E-state index in [4.69, 9.17) is 9.47 Å². The normalized spacial score (nSPS) is 13.2. The number of esters is 2. The van der Waals surface area contributed by atoms with Crippen LogP contribution in [0, 0.1) is 0 Å². The molecule has 5 nitrogen and oxygen atoms in total. The van der Waals surface area contributed by atoms with Crippen LogP contribution in [0.15, 0.2) is 134 Å².